The minimum absolute atomic E-state index is 0.0614. The van der Waals surface area contributed by atoms with Crippen LogP contribution in [0.5, 0.6) is 0 Å². The first-order chi connectivity index (χ1) is 18.4. The molecule has 1 aliphatic heterocycles. The Balaban J connectivity index is 1.19. The van der Waals surface area contributed by atoms with Crippen LogP contribution in [-0.2, 0) is 20.8 Å². The van der Waals surface area contributed by atoms with Crippen LogP contribution in [0.15, 0.2) is 66.7 Å². The molecule has 1 amide bonds. The summed E-state index contributed by atoms with van der Waals surface area (Å²) >= 11 is 0. The summed E-state index contributed by atoms with van der Waals surface area (Å²) in [6.07, 6.45) is 2.48. The molecule has 0 unspecified atom stereocenters. The summed E-state index contributed by atoms with van der Waals surface area (Å²) in [4.78, 5) is 19.7. The Morgan fingerprint density at radius 1 is 1.05 bits per heavy atom. The molecule has 0 saturated carbocycles. The van der Waals surface area contributed by atoms with Gasteiger partial charge >= 0.3 is 0 Å². The van der Waals surface area contributed by atoms with Crippen molar-refractivity contribution >= 4 is 11.7 Å². The van der Waals surface area contributed by atoms with E-state index < -0.39 is 6.29 Å². The number of hydrogen-bond acceptors (Lipinski definition) is 5. The second-order valence-corrected chi connectivity index (χ2v) is 10.4. The fourth-order valence-corrected chi connectivity index (χ4v) is 4.86. The molecule has 198 valence electrons. The van der Waals surface area contributed by atoms with E-state index in [-0.39, 0.29) is 11.3 Å². The van der Waals surface area contributed by atoms with Gasteiger partial charge in [-0.1, -0.05) is 74.0 Å². The van der Waals surface area contributed by atoms with E-state index in [4.69, 9.17) is 14.5 Å². The molecule has 0 spiro atoms. The van der Waals surface area contributed by atoms with Crippen molar-refractivity contribution in [3.8, 4) is 22.5 Å². The number of hydrogen-bond donors (Lipinski definition) is 2. The van der Waals surface area contributed by atoms with Gasteiger partial charge in [0.1, 0.15) is 0 Å². The summed E-state index contributed by atoms with van der Waals surface area (Å²) < 4.78 is 14.4. The highest BCUT2D eigenvalue weighted by molar-refractivity contribution is 5.87. The Kier molecular flexibility index (Phi) is 7.72. The minimum atomic E-state index is -0.526. The first kappa shape index (κ1) is 25.9. The van der Waals surface area contributed by atoms with Crippen molar-refractivity contribution in [2.24, 2.45) is 5.41 Å². The largest absolute Gasteiger partial charge is 0.345 e. The second kappa shape index (κ2) is 11.3. The van der Waals surface area contributed by atoms with Crippen LogP contribution in [0.2, 0.25) is 0 Å². The molecule has 1 saturated heterocycles. The highest BCUT2D eigenvalue weighted by Crippen LogP contribution is 2.37. The number of H-pyrrole nitrogens is 1. The van der Waals surface area contributed by atoms with Gasteiger partial charge in [0.05, 0.1) is 24.6 Å². The van der Waals surface area contributed by atoms with E-state index in [1.807, 2.05) is 54.1 Å². The molecule has 0 atom stereocenters. The summed E-state index contributed by atoms with van der Waals surface area (Å²) in [6.45, 7) is 7.72. The molecule has 5 rings (SSSR count). The number of imidazole rings is 1. The Morgan fingerprint density at radius 2 is 1.71 bits per heavy atom. The molecular weight excluding hydrogens is 478 g/mol. The van der Waals surface area contributed by atoms with Crippen molar-refractivity contribution in [1.29, 1.82) is 0 Å². The van der Waals surface area contributed by atoms with Gasteiger partial charge in [0.15, 0.2) is 11.6 Å². The number of unbranched alkanes of at least 4 members (excludes halogenated alkanes) is 1. The molecule has 4 aromatic rings. The molecule has 0 aliphatic carbocycles. The van der Waals surface area contributed by atoms with E-state index in [9.17, 15) is 4.79 Å². The van der Waals surface area contributed by atoms with Crippen LogP contribution in [-0.4, -0.2) is 38.9 Å². The number of nitrogens with zero attached hydrogens (tertiary/aromatic N) is 3. The van der Waals surface area contributed by atoms with Crippen molar-refractivity contribution in [3.63, 3.8) is 0 Å². The average molecular weight is 514 g/mol. The topological polar surface area (TPSA) is 94.1 Å². The second-order valence-electron chi connectivity index (χ2n) is 10.4. The van der Waals surface area contributed by atoms with Gasteiger partial charge in [0.25, 0.3) is 0 Å². The van der Waals surface area contributed by atoms with Crippen LogP contribution in [0.3, 0.4) is 0 Å². The fraction of sp³-hybridized carbons (Fsp3) is 0.367. The third-order valence-electron chi connectivity index (χ3n) is 6.91. The number of anilines is 1. The molecule has 2 aromatic carbocycles. The molecule has 8 nitrogen and oxygen atoms in total. The predicted molar refractivity (Wildman–Crippen MR) is 147 cm³/mol. The zero-order chi connectivity index (χ0) is 26.5. The molecule has 2 N–H and O–H groups in total. The lowest BCUT2D eigenvalue weighted by Crippen LogP contribution is -2.36. The summed E-state index contributed by atoms with van der Waals surface area (Å²) in [6, 6.07) is 22.3. The minimum Gasteiger partial charge on any atom is -0.345 e. The number of aryl methyl sites for hydroxylation is 2. The predicted octanol–water partition coefficient (Wildman–Crippen LogP) is 6.13. The normalized spacial score (nSPS) is 19.4. The smallest absolute Gasteiger partial charge is 0.222 e. The number of rotatable bonds is 9. The molecule has 1 aliphatic rings. The summed E-state index contributed by atoms with van der Waals surface area (Å²) in [7, 11) is 0. The maximum Gasteiger partial charge on any atom is 0.222 e. The number of carbonyl (C=O) groups is 1. The Morgan fingerprint density at radius 3 is 2.37 bits per heavy atom. The van der Waals surface area contributed by atoms with E-state index in [0.29, 0.717) is 24.9 Å². The first-order valence-electron chi connectivity index (χ1n) is 13.2. The summed E-state index contributed by atoms with van der Waals surface area (Å²) in [5.41, 5.74) is 4.95. The van der Waals surface area contributed by atoms with Crippen molar-refractivity contribution in [1.82, 2.24) is 19.7 Å². The Labute approximate surface area is 223 Å². The standard InChI is InChI=1S/C30H35N5O3/c1-21-18-25(31-22(2)36)34-35(21)17-11-10-16-30(3)19-37-29(38-20-30)28-32-26(23-12-6-4-7-13-23)27(33-28)24-14-8-5-9-15-24/h4-9,12-15,18,29H,10-11,16-17,19-20H2,1-3H3,(H,32,33)(H,31,34,36)/t29-,30+. The van der Waals surface area contributed by atoms with Crippen molar-refractivity contribution in [3.05, 3.63) is 78.2 Å². The van der Waals surface area contributed by atoms with Crippen molar-refractivity contribution in [2.45, 2.75) is 52.9 Å². The monoisotopic (exact) mass is 513 g/mol. The molecule has 8 heteroatoms. The van der Waals surface area contributed by atoms with Crippen LogP contribution < -0.4 is 5.32 Å². The van der Waals surface area contributed by atoms with Crippen molar-refractivity contribution < 1.29 is 14.3 Å². The van der Waals surface area contributed by atoms with Gasteiger partial charge in [-0.05, 0) is 19.8 Å². The lowest BCUT2D eigenvalue weighted by atomic mass is 9.86. The quantitative estimate of drug-likeness (QED) is 0.263. The summed E-state index contributed by atoms with van der Waals surface area (Å²) in [5, 5.41) is 7.22. The van der Waals surface area contributed by atoms with E-state index in [1.165, 1.54) is 6.92 Å². The van der Waals surface area contributed by atoms with E-state index in [2.05, 4.69) is 46.6 Å². The van der Waals surface area contributed by atoms with Crippen LogP contribution >= 0.6 is 0 Å². The lowest BCUT2D eigenvalue weighted by Gasteiger charge is -2.36. The number of aromatic nitrogens is 4. The number of benzene rings is 2. The zero-order valence-electron chi connectivity index (χ0n) is 22.2. The first-order valence-corrected chi connectivity index (χ1v) is 13.2. The lowest BCUT2D eigenvalue weighted by molar-refractivity contribution is -0.235. The van der Waals surface area contributed by atoms with Gasteiger partial charge in [-0.25, -0.2) is 4.98 Å². The third kappa shape index (κ3) is 6.03. The fourth-order valence-electron chi connectivity index (χ4n) is 4.86. The number of aromatic amines is 1. The molecular formula is C30H35N5O3. The van der Waals surface area contributed by atoms with Crippen LogP contribution in [0.4, 0.5) is 5.82 Å². The maximum atomic E-state index is 11.3. The SMILES string of the molecule is CC(=O)Nc1cc(C)n(CCCC[C@]2(C)CO[C@H](c3nc(-c4ccccc4)c(-c4ccccc4)[nH]3)OC2)n1. The zero-order valence-corrected chi connectivity index (χ0v) is 22.2. The third-order valence-corrected chi connectivity index (χ3v) is 6.91. The van der Waals surface area contributed by atoms with Gasteiger partial charge in [-0.3, -0.25) is 9.48 Å². The Hall–Kier alpha value is -3.75. The Bertz CT molecular complexity index is 1300. The number of amides is 1. The highest BCUT2D eigenvalue weighted by atomic mass is 16.7. The molecule has 2 aromatic heterocycles. The van der Waals surface area contributed by atoms with Gasteiger partial charge < -0.3 is 19.8 Å². The van der Waals surface area contributed by atoms with Crippen molar-refractivity contribution in [2.75, 3.05) is 18.5 Å². The van der Waals surface area contributed by atoms with Crippen LogP contribution in [0.1, 0.15) is 50.9 Å². The van der Waals surface area contributed by atoms with E-state index in [0.717, 1.165) is 54.0 Å². The molecule has 0 radical (unpaired) electrons. The number of ether oxygens (including phenoxy) is 2. The van der Waals surface area contributed by atoms with Gasteiger partial charge in [-0.2, -0.15) is 5.10 Å². The highest BCUT2D eigenvalue weighted by Gasteiger charge is 2.34. The summed E-state index contributed by atoms with van der Waals surface area (Å²) in [5.74, 6) is 1.18. The van der Waals surface area contributed by atoms with Crippen LogP contribution in [0.25, 0.3) is 22.5 Å². The van der Waals surface area contributed by atoms with Gasteiger partial charge in [0, 0.05) is 41.8 Å². The van der Waals surface area contributed by atoms with E-state index in [1.54, 1.807) is 0 Å². The van der Waals surface area contributed by atoms with Crippen LogP contribution in [0, 0.1) is 12.3 Å². The van der Waals surface area contributed by atoms with E-state index >= 15 is 0 Å². The molecule has 38 heavy (non-hydrogen) atoms. The van der Waals surface area contributed by atoms with Gasteiger partial charge in [-0.15, -0.1) is 0 Å². The molecule has 0 bridgehead atoms. The molecule has 3 heterocycles. The number of carbonyl (C=O) groups excluding carboxylic acids is 1. The van der Waals surface area contributed by atoms with Gasteiger partial charge in [0.2, 0.25) is 12.2 Å². The number of nitrogens with one attached hydrogen (secondary N) is 2. The molecule has 1 fully saturated rings. The average Bonchev–Trinajstić information content (AvgIpc) is 3.51. The maximum absolute atomic E-state index is 11.3.